The standard InChI is InChI=1S/C11H22Cl2N2.ClH/c1-11(2,15(12)13)7-6-10-14-8-4-3-5-9-14;/h3-10H2,1-2H3;1H. The summed E-state index contributed by atoms with van der Waals surface area (Å²) >= 11 is 11.6. The molecule has 0 atom stereocenters. The molecule has 16 heavy (non-hydrogen) atoms. The molecule has 0 bridgehead atoms. The van der Waals surface area contributed by atoms with Crippen LogP contribution in [0.15, 0.2) is 0 Å². The van der Waals surface area contributed by atoms with E-state index in [9.17, 15) is 0 Å². The molecule has 0 aliphatic carbocycles. The van der Waals surface area contributed by atoms with Crippen LogP contribution in [-0.4, -0.2) is 34.0 Å². The van der Waals surface area contributed by atoms with Gasteiger partial charge in [0.05, 0.1) is 0 Å². The highest BCUT2D eigenvalue weighted by Crippen LogP contribution is 2.25. The zero-order chi connectivity index (χ0) is 11.3. The van der Waals surface area contributed by atoms with Crippen LogP contribution in [0.25, 0.3) is 0 Å². The highest BCUT2D eigenvalue weighted by molar-refractivity contribution is 6.34. The molecule has 5 heteroatoms. The van der Waals surface area contributed by atoms with Gasteiger partial charge in [-0.2, -0.15) is 0 Å². The van der Waals surface area contributed by atoms with Crippen LogP contribution in [0.1, 0.15) is 46.0 Å². The van der Waals surface area contributed by atoms with Gasteiger partial charge >= 0.3 is 0 Å². The van der Waals surface area contributed by atoms with E-state index < -0.39 is 0 Å². The molecule has 1 aliphatic rings. The molecule has 1 aliphatic heterocycles. The van der Waals surface area contributed by atoms with Crippen molar-refractivity contribution < 1.29 is 0 Å². The minimum atomic E-state index is -0.112. The van der Waals surface area contributed by atoms with Crippen molar-refractivity contribution in [3.8, 4) is 0 Å². The molecule has 0 amide bonds. The molecule has 0 aromatic carbocycles. The van der Waals surface area contributed by atoms with Gasteiger partial charge in [0, 0.05) is 5.54 Å². The van der Waals surface area contributed by atoms with E-state index in [0.29, 0.717) is 0 Å². The fourth-order valence-corrected chi connectivity index (χ4v) is 2.17. The predicted octanol–water partition coefficient (Wildman–Crippen LogP) is 4.06. The van der Waals surface area contributed by atoms with Crippen molar-refractivity contribution in [1.29, 1.82) is 0 Å². The summed E-state index contributed by atoms with van der Waals surface area (Å²) in [6, 6.07) is 0. The van der Waals surface area contributed by atoms with Gasteiger partial charge in [-0.05, 0) is 82.7 Å². The third kappa shape index (κ3) is 5.92. The van der Waals surface area contributed by atoms with Gasteiger partial charge in [-0.25, -0.2) is 0 Å². The summed E-state index contributed by atoms with van der Waals surface area (Å²) in [6.07, 6.45) is 6.33. The maximum Gasteiger partial charge on any atom is 0.0470 e. The first-order valence-electron chi connectivity index (χ1n) is 5.86. The lowest BCUT2D eigenvalue weighted by molar-refractivity contribution is 0.210. The minimum Gasteiger partial charge on any atom is -0.303 e. The molecular weight excluding hydrogens is 266 g/mol. The lowest BCUT2D eigenvalue weighted by Gasteiger charge is -2.30. The van der Waals surface area contributed by atoms with E-state index in [1.54, 1.807) is 0 Å². The van der Waals surface area contributed by atoms with Crippen LogP contribution < -0.4 is 0 Å². The third-order valence-electron chi connectivity index (χ3n) is 3.17. The number of rotatable bonds is 5. The van der Waals surface area contributed by atoms with Crippen LogP contribution in [0.3, 0.4) is 0 Å². The summed E-state index contributed by atoms with van der Waals surface area (Å²) in [7, 11) is 0. The fourth-order valence-electron chi connectivity index (χ4n) is 2.00. The smallest absolute Gasteiger partial charge is 0.0470 e. The molecule has 0 saturated carbocycles. The Labute approximate surface area is 116 Å². The number of likely N-dealkylation sites (tertiary alicyclic amines) is 1. The van der Waals surface area contributed by atoms with E-state index in [-0.39, 0.29) is 17.9 Å². The van der Waals surface area contributed by atoms with Crippen molar-refractivity contribution in [3.63, 3.8) is 0 Å². The van der Waals surface area contributed by atoms with Crippen molar-refractivity contribution in [1.82, 2.24) is 8.84 Å². The number of piperidine rings is 1. The number of halogens is 3. The van der Waals surface area contributed by atoms with Gasteiger partial charge in [-0.1, -0.05) is 6.42 Å². The average molecular weight is 290 g/mol. The van der Waals surface area contributed by atoms with Crippen LogP contribution in [0, 0.1) is 0 Å². The molecule has 1 heterocycles. The summed E-state index contributed by atoms with van der Waals surface area (Å²) in [4.78, 5) is 2.55. The van der Waals surface area contributed by atoms with Crippen LogP contribution in [0.5, 0.6) is 0 Å². The Morgan fingerprint density at radius 3 is 2.19 bits per heavy atom. The Kier molecular flexibility index (Phi) is 8.39. The van der Waals surface area contributed by atoms with Gasteiger partial charge in [-0.15, -0.1) is 16.3 Å². The average Bonchev–Trinajstić information content (AvgIpc) is 2.19. The van der Waals surface area contributed by atoms with Crippen LogP contribution >= 0.6 is 36.0 Å². The monoisotopic (exact) mass is 288 g/mol. The van der Waals surface area contributed by atoms with Crippen molar-refractivity contribution in [2.24, 2.45) is 0 Å². The van der Waals surface area contributed by atoms with Gasteiger partial charge < -0.3 is 4.90 Å². The van der Waals surface area contributed by atoms with Gasteiger partial charge in [0.2, 0.25) is 0 Å². The second kappa shape index (κ2) is 7.99. The normalized spacial score (nSPS) is 18.6. The summed E-state index contributed by atoms with van der Waals surface area (Å²) in [6.45, 7) is 7.87. The largest absolute Gasteiger partial charge is 0.303 e. The Morgan fingerprint density at radius 1 is 1.12 bits per heavy atom. The van der Waals surface area contributed by atoms with Crippen molar-refractivity contribution in [2.45, 2.75) is 51.5 Å². The fraction of sp³-hybridized carbons (Fsp3) is 1.00. The van der Waals surface area contributed by atoms with Crippen LogP contribution in [0.4, 0.5) is 0 Å². The lowest BCUT2D eigenvalue weighted by atomic mass is 9.99. The zero-order valence-electron chi connectivity index (χ0n) is 10.2. The Bertz CT molecular complexity index is 180. The maximum atomic E-state index is 5.78. The first kappa shape index (κ1) is 16.8. The highest BCUT2D eigenvalue weighted by atomic mass is 35.5. The van der Waals surface area contributed by atoms with Gasteiger partial charge in [-0.3, -0.25) is 0 Å². The topological polar surface area (TPSA) is 6.48 Å². The molecule has 0 N–H and O–H groups in total. The predicted molar refractivity (Wildman–Crippen MR) is 74.4 cm³/mol. The van der Waals surface area contributed by atoms with E-state index in [1.807, 2.05) is 0 Å². The zero-order valence-corrected chi connectivity index (χ0v) is 12.5. The summed E-state index contributed by atoms with van der Waals surface area (Å²) in [5.41, 5.74) is -0.112. The minimum absolute atomic E-state index is 0. The SMILES string of the molecule is CC(C)(CCCN1CCCCC1)N(Cl)Cl.Cl. The second-order valence-electron chi connectivity index (χ2n) is 5.05. The number of nitrogens with zero attached hydrogens (tertiary/aromatic N) is 2. The van der Waals surface area contributed by atoms with Crippen molar-refractivity contribution in [3.05, 3.63) is 0 Å². The first-order valence-corrected chi connectivity index (χ1v) is 6.54. The van der Waals surface area contributed by atoms with Gasteiger partial charge in [0.25, 0.3) is 0 Å². The van der Waals surface area contributed by atoms with E-state index in [1.165, 1.54) is 49.3 Å². The lowest BCUT2D eigenvalue weighted by Crippen LogP contribution is -2.34. The van der Waals surface area contributed by atoms with E-state index in [4.69, 9.17) is 23.6 Å². The van der Waals surface area contributed by atoms with Gasteiger partial charge in [0.1, 0.15) is 0 Å². The summed E-state index contributed by atoms with van der Waals surface area (Å²) in [5, 5.41) is 0. The second-order valence-corrected chi connectivity index (χ2v) is 5.90. The Morgan fingerprint density at radius 2 is 1.69 bits per heavy atom. The number of hydrogen-bond acceptors (Lipinski definition) is 2. The first-order chi connectivity index (χ1) is 7.02. The third-order valence-corrected chi connectivity index (χ3v) is 4.08. The molecule has 1 fully saturated rings. The Balaban J connectivity index is 0.00000225. The molecule has 0 radical (unpaired) electrons. The Hall–Kier alpha value is 0.790. The molecular formula is C11H23Cl3N2. The molecule has 1 rings (SSSR count). The molecule has 0 aromatic heterocycles. The maximum absolute atomic E-state index is 5.78. The van der Waals surface area contributed by atoms with Gasteiger partial charge in [0.15, 0.2) is 0 Å². The molecule has 98 valence electrons. The van der Waals surface area contributed by atoms with E-state index >= 15 is 0 Å². The molecule has 1 saturated heterocycles. The summed E-state index contributed by atoms with van der Waals surface area (Å²) < 4.78 is 1.28. The number of hydrogen-bond donors (Lipinski definition) is 0. The quantitative estimate of drug-likeness (QED) is 0.704. The highest BCUT2D eigenvalue weighted by Gasteiger charge is 2.24. The van der Waals surface area contributed by atoms with E-state index in [0.717, 1.165) is 6.42 Å². The van der Waals surface area contributed by atoms with Crippen LogP contribution in [0.2, 0.25) is 0 Å². The molecule has 2 nitrogen and oxygen atoms in total. The molecule has 0 aromatic rings. The molecule has 0 spiro atoms. The van der Waals surface area contributed by atoms with Crippen molar-refractivity contribution in [2.75, 3.05) is 19.6 Å². The van der Waals surface area contributed by atoms with Crippen molar-refractivity contribution >= 4 is 36.0 Å². The van der Waals surface area contributed by atoms with Crippen LogP contribution in [-0.2, 0) is 0 Å². The summed E-state index contributed by atoms with van der Waals surface area (Å²) in [5.74, 6) is 0. The molecule has 0 unspecified atom stereocenters. The van der Waals surface area contributed by atoms with E-state index in [2.05, 4.69) is 18.7 Å².